The van der Waals surface area contributed by atoms with Crippen molar-refractivity contribution in [3.05, 3.63) is 35.5 Å². The molecule has 1 aliphatic rings. The van der Waals surface area contributed by atoms with Crippen molar-refractivity contribution in [1.29, 1.82) is 0 Å². The van der Waals surface area contributed by atoms with Gasteiger partial charge in [-0.15, -0.1) is 0 Å². The molecule has 0 radical (unpaired) electrons. The number of rotatable bonds is 1. The van der Waals surface area contributed by atoms with E-state index in [4.69, 9.17) is 16.3 Å². The first-order chi connectivity index (χ1) is 10.8. The zero-order chi connectivity index (χ0) is 16.6. The van der Waals surface area contributed by atoms with Crippen LogP contribution in [0.5, 0.6) is 0 Å². The first-order valence-electron chi connectivity index (χ1n) is 7.84. The lowest BCUT2D eigenvalue weighted by Gasteiger charge is -2.37. The Hall–Kier alpha value is -1.88. The van der Waals surface area contributed by atoms with Gasteiger partial charge < -0.3 is 14.6 Å². The summed E-state index contributed by atoms with van der Waals surface area (Å²) in [6.45, 7) is 8.42. The Labute approximate surface area is 141 Å². The Kier molecular flexibility index (Phi) is 4.15. The van der Waals surface area contributed by atoms with Crippen LogP contribution in [-0.4, -0.2) is 47.4 Å². The van der Waals surface area contributed by atoms with Crippen molar-refractivity contribution in [2.24, 2.45) is 0 Å². The number of para-hydroxylation sites is 1. The topological polar surface area (TPSA) is 37.7 Å². The standard InChI is InChI=1S/C17H22ClN3O2/c1-17(2,3)23-16(22)19-9-11-20(12-10-19)21-8-7-13-5-4-6-14(18)15(13)21/h4-8H,9-12H2,1-3H3. The molecule has 1 saturated heterocycles. The van der Waals surface area contributed by atoms with Crippen molar-refractivity contribution in [1.82, 2.24) is 9.58 Å². The number of aromatic nitrogens is 1. The largest absolute Gasteiger partial charge is 0.444 e. The number of fused-ring (bicyclic) bond motifs is 1. The van der Waals surface area contributed by atoms with Crippen LogP contribution in [0.25, 0.3) is 10.9 Å². The zero-order valence-corrected chi connectivity index (χ0v) is 14.5. The summed E-state index contributed by atoms with van der Waals surface area (Å²) in [7, 11) is 0. The number of hydrogen-bond donors (Lipinski definition) is 0. The lowest BCUT2D eigenvalue weighted by atomic mass is 10.2. The number of ether oxygens (including phenoxy) is 1. The number of amides is 1. The molecule has 2 heterocycles. The lowest BCUT2D eigenvalue weighted by Crippen LogP contribution is -2.53. The van der Waals surface area contributed by atoms with Crippen LogP contribution in [0.3, 0.4) is 0 Å². The van der Waals surface area contributed by atoms with Gasteiger partial charge in [-0.3, -0.25) is 4.68 Å². The van der Waals surface area contributed by atoms with E-state index in [9.17, 15) is 4.79 Å². The molecule has 23 heavy (non-hydrogen) atoms. The minimum atomic E-state index is -0.460. The van der Waals surface area contributed by atoms with Crippen LogP contribution < -0.4 is 5.01 Å². The van der Waals surface area contributed by atoms with Crippen molar-refractivity contribution in [3.8, 4) is 0 Å². The normalized spacial score (nSPS) is 16.0. The Morgan fingerprint density at radius 2 is 1.83 bits per heavy atom. The third kappa shape index (κ3) is 3.39. The molecule has 0 N–H and O–H groups in total. The van der Waals surface area contributed by atoms with Gasteiger partial charge in [-0.25, -0.2) is 4.79 Å². The average molecular weight is 336 g/mol. The molecular weight excluding hydrogens is 314 g/mol. The summed E-state index contributed by atoms with van der Waals surface area (Å²) in [5.74, 6) is 0. The van der Waals surface area contributed by atoms with E-state index in [2.05, 4.69) is 21.8 Å². The average Bonchev–Trinajstić information content (AvgIpc) is 2.91. The Bertz CT molecular complexity index is 712. The van der Waals surface area contributed by atoms with E-state index in [1.807, 2.05) is 39.1 Å². The second-order valence-corrected chi connectivity index (χ2v) is 7.17. The molecular formula is C17H22ClN3O2. The molecule has 1 aromatic heterocycles. The number of nitrogens with zero attached hydrogens (tertiary/aromatic N) is 3. The van der Waals surface area contributed by atoms with Crippen LogP contribution in [0, 0.1) is 0 Å². The van der Waals surface area contributed by atoms with E-state index in [0.717, 1.165) is 29.0 Å². The summed E-state index contributed by atoms with van der Waals surface area (Å²) < 4.78 is 7.52. The maximum absolute atomic E-state index is 12.1. The lowest BCUT2D eigenvalue weighted by molar-refractivity contribution is 0.0233. The maximum atomic E-state index is 12.1. The molecule has 3 rings (SSSR count). The van der Waals surface area contributed by atoms with Crippen molar-refractivity contribution in [2.75, 3.05) is 31.2 Å². The van der Waals surface area contributed by atoms with E-state index in [-0.39, 0.29) is 6.09 Å². The van der Waals surface area contributed by atoms with Gasteiger partial charge >= 0.3 is 6.09 Å². The molecule has 1 aromatic carbocycles. The summed E-state index contributed by atoms with van der Waals surface area (Å²) in [6.07, 6.45) is 1.78. The minimum Gasteiger partial charge on any atom is -0.444 e. The number of piperazine rings is 1. The number of benzene rings is 1. The van der Waals surface area contributed by atoms with E-state index >= 15 is 0 Å². The molecule has 1 fully saturated rings. The SMILES string of the molecule is CC(C)(C)OC(=O)N1CCN(n2ccc3cccc(Cl)c32)CC1. The highest BCUT2D eigenvalue weighted by molar-refractivity contribution is 6.35. The first kappa shape index (κ1) is 16.0. The van der Waals surface area contributed by atoms with Crippen molar-refractivity contribution in [2.45, 2.75) is 26.4 Å². The highest BCUT2D eigenvalue weighted by Gasteiger charge is 2.26. The molecule has 0 aliphatic carbocycles. The summed E-state index contributed by atoms with van der Waals surface area (Å²) in [5.41, 5.74) is 0.554. The Morgan fingerprint density at radius 1 is 1.13 bits per heavy atom. The molecule has 2 aromatic rings. The van der Waals surface area contributed by atoms with Crippen molar-refractivity contribution in [3.63, 3.8) is 0 Å². The van der Waals surface area contributed by atoms with E-state index < -0.39 is 5.60 Å². The van der Waals surface area contributed by atoms with Gasteiger partial charge in [-0.1, -0.05) is 23.7 Å². The summed E-state index contributed by atoms with van der Waals surface area (Å²) in [5, 5.41) is 4.06. The molecule has 1 amide bonds. The summed E-state index contributed by atoms with van der Waals surface area (Å²) >= 11 is 6.34. The van der Waals surface area contributed by atoms with Crippen LogP contribution in [0.15, 0.2) is 30.5 Å². The molecule has 0 spiro atoms. The molecule has 0 unspecified atom stereocenters. The minimum absolute atomic E-state index is 0.243. The van der Waals surface area contributed by atoms with Gasteiger partial charge in [0.2, 0.25) is 0 Å². The second-order valence-electron chi connectivity index (χ2n) is 6.76. The first-order valence-corrected chi connectivity index (χ1v) is 8.22. The molecule has 0 bridgehead atoms. The number of hydrogen-bond acceptors (Lipinski definition) is 3. The Morgan fingerprint density at radius 3 is 2.48 bits per heavy atom. The third-order valence-corrected chi connectivity index (χ3v) is 4.16. The highest BCUT2D eigenvalue weighted by Crippen LogP contribution is 2.25. The number of carbonyl (C=O) groups is 1. The van der Waals surface area contributed by atoms with Crippen LogP contribution in [0.1, 0.15) is 20.8 Å². The number of carbonyl (C=O) groups excluding carboxylic acids is 1. The molecule has 124 valence electrons. The van der Waals surface area contributed by atoms with Crippen LogP contribution in [0.2, 0.25) is 5.02 Å². The van der Waals surface area contributed by atoms with Gasteiger partial charge in [-0.05, 0) is 32.9 Å². The van der Waals surface area contributed by atoms with E-state index in [1.165, 1.54) is 0 Å². The van der Waals surface area contributed by atoms with Crippen LogP contribution in [0.4, 0.5) is 4.79 Å². The zero-order valence-electron chi connectivity index (χ0n) is 13.8. The van der Waals surface area contributed by atoms with Gasteiger partial charge in [0.15, 0.2) is 0 Å². The maximum Gasteiger partial charge on any atom is 0.410 e. The summed E-state index contributed by atoms with van der Waals surface area (Å²) in [6, 6.07) is 7.96. The van der Waals surface area contributed by atoms with Crippen LogP contribution in [-0.2, 0) is 4.74 Å². The van der Waals surface area contributed by atoms with Crippen molar-refractivity contribution >= 4 is 28.6 Å². The summed E-state index contributed by atoms with van der Waals surface area (Å²) in [4.78, 5) is 13.9. The second kappa shape index (κ2) is 5.96. The fourth-order valence-electron chi connectivity index (χ4n) is 2.79. The van der Waals surface area contributed by atoms with Crippen LogP contribution >= 0.6 is 11.6 Å². The van der Waals surface area contributed by atoms with E-state index in [0.29, 0.717) is 13.1 Å². The third-order valence-electron chi connectivity index (χ3n) is 3.85. The smallest absolute Gasteiger partial charge is 0.410 e. The fourth-order valence-corrected chi connectivity index (χ4v) is 3.06. The predicted octanol–water partition coefficient (Wildman–Crippen LogP) is 3.48. The molecule has 6 heteroatoms. The van der Waals surface area contributed by atoms with Gasteiger partial charge in [0.25, 0.3) is 0 Å². The quantitative estimate of drug-likeness (QED) is 0.800. The molecule has 5 nitrogen and oxygen atoms in total. The van der Waals surface area contributed by atoms with Gasteiger partial charge in [-0.2, -0.15) is 0 Å². The molecule has 1 aliphatic heterocycles. The monoisotopic (exact) mass is 335 g/mol. The van der Waals surface area contributed by atoms with Crippen molar-refractivity contribution < 1.29 is 9.53 Å². The molecule has 0 atom stereocenters. The number of halogens is 1. The van der Waals surface area contributed by atoms with Gasteiger partial charge in [0, 0.05) is 24.7 Å². The van der Waals surface area contributed by atoms with Gasteiger partial charge in [0.1, 0.15) is 5.60 Å². The van der Waals surface area contributed by atoms with Gasteiger partial charge in [0.05, 0.1) is 23.6 Å². The highest BCUT2D eigenvalue weighted by atomic mass is 35.5. The van der Waals surface area contributed by atoms with E-state index in [1.54, 1.807) is 4.90 Å². The molecule has 0 saturated carbocycles. The fraction of sp³-hybridized carbons (Fsp3) is 0.471. The predicted molar refractivity (Wildman–Crippen MR) is 92.7 cm³/mol. The Balaban J connectivity index is 1.70.